The number of carbonyl (C=O) groups excluding carboxylic acids is 2. The summed E-state index contributed by atoms with van der Waals surface area (Å²) in [7, 11) is 1.97. The van der Waals surface area contributed by atoms with Gasteiger partial charge in [0.1, 0.15) is 0 Å². The molecule has 172 valence electrons. The molecule has 1 N–H and O–H groups in total. The number of likely N-dealkylation sites (N-methyl/N-ethyl adjacent to an activating group) is 1. The van der Waals surface area contributed by atoms with Crippen molar-refractivity contribution in [3.8, 4) is 0 Å². The number of fused-ring (bicyclic) bond motifs is 5. The minimum atomic E-state index is 0.0594. The maximum absolute atomic E-state index is 13.3. The van der Waals surface area contributed by atoms with Crippen LogP contribution in [0, 0.1) is 34.5 Å². The van der Waals surface area contributed by atoms with Crippen molar-refractivity contribution in [1.82, 2.24) is 10.2 Å². The highest BCUT2D eigenvalue weighted by atomic mass is 32.1. The van der Waals surface area contributed by atoms with E-state index in [-0.39, 0.29) is 28.6 Å². The summed E-state index contributed by atoms with van der Waals surface area (Å²) >= 11 is 5.46. The van der Waals surface area contributed by atoms with Gasteiger partial charge < -0.3 is 10.2 Å². The lowest BCUT2D eigenvalue weighted by molar-refractivity contribution is -0.142. The van der Waals surface area contributed by atoms with Gasteiger partial charge in [0.25, 0.3) is 0 Å². The molecule has 0 saturated heterocycles. The van der Waals surface area contributed by atoms with Crippen molar-refractivity contribution in [3.05, 3.63) is 36.0 Å². The van der Waals surface area contributed by atoms with Gasteiger partial charge in [0, 0.05) is 42.3 Å². The molecule has 0 aromatic rings. The van der Waals surface area contributed by atoms with E-state index < -0.39 is 0 Å². The second-order valence-corrected chi connectivity index (χ2v) is 11.8. The summed E-state index contributed by atoms with van der Waals surface area (Å²) in [5.41, 5.74) is 1.22. The van der Waals surface area contributed by atoms with Gasteiger partial charge in [0.05, 0.1) is 0 Å². The first-order valence-corrected chi connectivity index (χ1v) is 12.8. The smallest absolute Gasteiger partial charge is 0.246 e. The van der Waals surface area contributed by atoms with E-state index in [2.05, 4.69) is 31.3 Å². The summed E-state index contributed by atoms with van der Waals surface area (Å²) in [5.74, 6) is 2.31. The lowest BCUT2D eigenvalue weighted by Gasteiger charge is -2.60. The fourth-order valence-corrected chi connectivity index (χ4v) is 8.45. The highest BCUT2D eigenvalue weighted by Gasteiger charge is 2.61. The Kier molecular flexibility index (Phi) is 5.47. The zero-order chi connectivity index (χ0) is 22.7. The summed E-state index contributed by atoms with van der Waals surface area (Å²) in [4.78, 5) is 28.5. The fourth-order valence-electron chi connectivity index (χ4n) is 8.22. The van der Waals surface area contributed by atoms with E-state index in [0.717, 1.165) is 49.0 Å². The first kappa shape index (κ1) is 22.1. The van der Waals surface area contributed by atoms with E-state index in [4.69, 9.17) is 12.2 Å². The van der Waals surface area contributed by atoms with Crippen molar-refractivity contribution in [2.24, 2.45) is 34.5 Å². The Labute approximate surface area is 197 Å². The lowest BCUT2D eigenvalue weighted by atomic mass is 9.47. The number of hydrogen-bond donors (Lipinski definition) is 1. The number of nitrogens with zero attached hydrogens (tertiary/aromatic N) is 1. The van der Waals surface area contributed by atoms with Crippen molar-refractivity contribution in [2.45, 2.75) is 64.8 Å². The molecule has 4 nitrogen and oxygen atoms in total. The standard InChI is InChI=1S/C27H36N2O2S/c1-26-14-12-20-18(8-11-23-27(20,2)15-13-24(30)29(23)3)19(26)9-10-21(26)25(31)28-16-17-6-4-5-7-22(17)32/h4-6,13,15,18-21,23H,7-12,14,16H2,1-3H3,(H,28,31)/t18-,19-,20-,21+,23+,26-,27+/m0/s1. The summed E-state index contributed by atoms with van der Waals surface area (Å²) in [6.45, 7) is 5.32. The zero-order valence-electron chi connectivity index (χ0n) is 19.6. The van der Waals surface area contributed by atoms with Crippen LogP contribution in [-0.2, 0) is 9.59 Å². The number of nitrogens with one attached hydrogen (secondary N) is 1. The zero-order valence-corrected chi connectivity index (χ0v) is 20.4. The van der Waals surface area contributed by atoms with Crippen molar-refractivity contribution in [1.29, 1.82) is 0 Å². The average molecular weight is 453 g/mol. The maximum atomic E-state index is 13.3. The molecule has 4 aliphatic carbocycles. The molecule has 0 radical (unpaired) electrons. The summed E-state index contributed by atoms with van der Waals surface area (Å²) in [5, 5.41) is 3.23. The molecule has 32 heavy (non-hydrogen) atoms. The lowest BCUT2D eigenvalue weighted by Crippen LogP contribution is -2.59. The summed E-state index contributed by atoms with van der Waals surface area (Å²) in [6.07, 6.45) is 17.6. The van der Waals surface area contributed by atoms with Crippen molar-refractivity contribution >= 4 is 28.9 Å². The highest BCUT2D eigenvalue weighted by Crippen LogP contribution is 2.65. The number of carbonyl (C=O) groups is 2. The fraction of sp³-hybridized carbons (Fsp3) is 0.667. The van der Waals surface area contributed by atoms with E-state index in [9.17, 15) is 9.59 Å². The van der Waals surface area contributed by atoms with Gasteiger partial charge in [-0.1, -0.05) is 50.4 Å². The molecule has 1 heterocycles. The van der Waals surface area contributed by atoms with Crippen molar-refractivity contribution < 1.29 is 9.59 Å². The molecule has 0 aromatic heterocycles. The topological polar surface area (TPSA) is 49.4 Å². The van der Waals surface area contributed by atoms with Gasteiger partial charge in [0.15, 0.2) is 0 Å². The number of thiocarbonyl (C=S) groups is 1. The van der Waals surface area contributed by atoms with Crippen LogP contribution in [-0.4, -0.2) is 41.2 Å². The number of rotatable bonds is 3. The Morgan fingerprint density at radius 1 is 1.19 bits per heavy atom. The quantitative estimate of drug-likeness (QED) is 0.636. The van der Waals surface area contributed by atoms with E-state index in [0.29, 0.717) is 30.3 Å². The van der Waals surface area contributed by atoms with Crippen LogP contribution in [0.2, 0.25) is 0 Å². The minimum Gasteiger partial charge on any atom is -0.352 e. The maximum Gasteiger partial charge on any atom is 0.246 e. The molecule has 0 aromatic carbocycles. The summed E-state index contributed by atoms with van der Waals surface area (Å²) < 4.78 is 0. The molecule has 3 saturated carbocycles. The predicted octanol–water partition coefficient (Wildman–Crippen LogP) is 4.61. The highest BCUT2D eigenvalue weighted by molar-refractivity contribution is 7.80. The molecule has 7 atom stereocenters. The van der Waals surface area contributed by atoms with E-state index in [1.807, 2.05) is 24.1 Å². The Balaban J connectivity index is 1.32. The van der Waals surface area contributed by atoms with Crippen LogP contribution in [0.15, 0.2) is 36.0 Å². The van der Waals surface area contributed by atoms with Gasteiger partial charge in [-0.25, -0.2) is 0 Å². The Hall–Kier alpha value is -1.75. The number of amides is 2. The summed E-state index contributed by atoms with van der Waals surface area (Å²) in [6, 6.07) is 0.313. The van der Waals surface area contributed by atoms with Crippen molar-refractivity contribution in [3.63, 3.8) is 0 Å². The molecular formula is C27H36N2O2S. The monoisotopic (exact) mass is 452 g/mol. The van der Waals surface area contributed by atoms with E-state index in [1.54, 1.807) is 6.08 Å². The SMILES string of the molecule is CN1C(=O)C=C[C@]2(C)[C@H]3CC[C@]4(C)[C@@H](C(=O)NCC5=CC=CCC5=S)CC[C@H]4[C@@H]3CC[C@@H]12. The second-order valence-electron chi connectivity index (χ2n) is 11.3. The van der Waals surface area contributed by atoms with Crippen LogP contribution in [0.3, 0.4) is 0 Å². The average Bonchev–Trinajstić information content (AvgIpc) is 3.13. The van der Waals surface area contributed by atoms with Gasteiger partial charge in [-0.3, -0.25) is 9.59 Å². The number of hydrogen-bond acceptors (Lipinski definition) is 3. The van der Waals surface area contributed by atoms with Crippen LogP contribution >= 0.6 is 12.2 Å². The first-order valence-electron chi connectivity index (χ1n) is 12.4. The van der Waals surface area contributed by atoms with Crippen molar-refractivity contribution in [2.75, 3.05) is 13.6 Å². The van der Waals surface area contributed by atoms with Gasteiger partial charge in [-0.2, -0.15) is 0 Å². The molecule has 0 unspecified atom stereocenters. The molecule has 3 fully saturated rings. The second kappa shape index (κ2) is 7.93. The third kappa shape index (κ3) is 3.26. The van der Waals surface area contributed by atoms with Gasteiger partial charge in [0.2, 0.25) is 11.8 Å². The van der Waals surface area contributed by atoms with Gasteiger partial charge >= 0.3 is 0 Å². The molecular weight excluding hydrogens is 416 g/mol. The van der Waals surface area contributed by atoms with E-state index >= 15 is 0 Å². The molecule has 5 heteroatoms. The first-order chi connectivity index (χ1) is 15.3. The molecule has 1 aliphatic heterocycles. The normalized spacial score (nSPS) is 42.8. The van der Waals surface area contributed by atoms with Crippen LogP contribution in [0.5, 0.6) is 0 Å². The molecule has 0 spiro atoms. The van der Waals surface area contributed by atoms with Gasteiger partial charge in [-0.05, 0) is 73.3 Å². The van der Waals surface area contributed by atoms with E-state index in [1.165, 1.54) is 6.42 Å². The minimum absolute atomic E-state index is 0.0594. The third-order valence-electron chi connectivity index (χ3n) is 9.99. The molecule has 5 rings (SSSR count). The largest absolute Gasteiger partial charge is 0.352 e. The van der Waals surface area contributed by atoms with Crippen LogP contribution in [0.25, 0.3) is 0 Å². The molecule has 5 aliphatic rings. The van der Waals surface area contributed by atoms with Crippen LogP contribution in [0.1, 0.15) is 58.8 Å². The van der Waals surface area contributed by atoms with Crippen LogP contribution < -0.4 is 5.32 Å². The third-order valence-corrected chi connectivity index (χ3v) is 10.4. The predicted molar refractivity (Wildman–Crippen MR) is 131 cm³/mol. The van der Waals surface area contributed by atoms with Crippen LogP contribution in [0.4, 0.5) is 0 Å². The Morgan fingerprint density at radius 2 is 2.00 bits per heavy atom. The Morgan fingerprint density at radius 3 is 2.78 bits per heavy atom. The molecule has 2 amide bonds. The van der Waals surface area contributed by atoms with Gasteiger partial charge in [-0.15, -0.1) is 0 Å². The molecule has 0 bridgehead atoms. The Bertz CT molecular complexity index is 936. The number of allylic oxidation sites excluding steroid dienone is 3.